The Morgan fingerprint density at radius 1 is 1.35 bits per heavy atom. The lowest BCUT2D eigenvalue weighted by molar-refractivity contribution is 0.0994. The first-order valence-corrected chi connectivity index (χ1v) is 8.40. The van der Waals surface area contributed by atoms with Crippen molar-refractivity contribution in [2.75, 3.05) is 5.75 Å². The maximum Gasteiger partial charge on any atom is 0.207 e. The molecule has 20 heavy (non-hydrogen) atoms. The molecular formula is C17H20O2S. The van der Waals surface area contributed by atoms with Crippen molar-refractivity contribution in [1.82, 2.24) is 0 Å². The molecule has 3 heteroatoms. The summed E-state index contributed by atoms with van der Waals surface area (Å²) in [6.45, 7) is 2.31. The summed E-state index contributed by atoms with van der Waals surface area (Å²) < 4.78 is 5.63. The second-order valence-corrected chi connectivity index (χ2v) is 7.07. The van der Waals surface area contributed by atoms with E-state index in [-0.39, 0.29) is 5.78 Å². The van der Waals surface area contributed by atoms with Crippen molar-refractivity contribution in [3.63, 3.8) is 0 Å². The van der Waals surface area contributed by atoms with E-state index in [0.717, 1.165) is 16.9 Å². The van der Waals surface area contributed by atoms with Crippen molar-refractivity contribution in [2.45, 2.75) is 37.9 Å². The van der Waals surface area contributed by atoms with E-state index in [1.165, 1.54) is 25.7 Å². The third kappa shape index (κ3) is 3.09. The van der Waals surface area contributed by atoms with Crippen LogP contribution in [0.1, 0.15) is 43.2 Å². The molecule has 2 nitrogen and oxygen atoms in total. The zero-order valence-electron chi connectivity index (χ0n) is 11.8. The maximum atomic E-state index is 12.2. The van der Waals surface area contributed by atoms with Crippen LogP contribution in [0.25, 0.3) is 11.0 Å². The van der Waals surface area contributed by atoms with Crippen molar-refractivity contribution in [1.29, 1.82) is 0 Å². The predicted molar refractivity (Wildman–Crippen MR) is 84.4 cm³/mol. The Morgan fingerprint density at radius 2 is 2.20 bits per heavy atom. The van der Waals surface area contributed by atoms with Gasteiger partial charge in [0.05, 0.1) is 5.75 Å². The summed E-state index contributed by atoms with van der Waals surface area (Å²) in [6, 6.07) is 9.64. The first-order chi connectivity index (χ1) is 9.72. The van der Waals surface area contributed by atoms with E-state index in [1.807, 2.05) is 30.3 Å². The first kappa shape index (κ1) is 13.7. The van der Waals surface area contributed by atoms with Crippen LogP contribution in [-0.4, -0.2) is 16.8 Å². The van der Waals surface area contributed by atoms with Crippen LogP contribution in [-0.2, 0) is 0 Å². The smallest absolute Gasteiger partial charge is 0.207 e. The molecule has 0 saturated heterocycles. The Morgan fingerprint density at radius 3 is 3.00 bits per heavy atom. The summed E-state index contributed by atoms with van der Waals surface area (Å²) in [4.78, 5) is 12.2. The van der Waals surface area contributed by atoms with Crippen LogP contribution in [0, 0.1) is 5.92 Å². The van der Waals surface area contributed by atoms with Crippen molar-refractivity contribution >= 4 is 28.5 Å². The quantitative estimate of drug-likeness (QED) is 0.747. The van der Waals surface area contributed by atoms with Gasteiger partial charge in [-0.1, -0.05) is 38.0 Å². The van der Waals surface area contributed by atoms with Crippen LogP contribution < -0.4 is 0 Å². The zero-order valence-corrected chi connectivity index (χ0v) is 12.6. The van der Waals surface area contributed by atoms with Gasteiger partial charge in [-0.05, 0) is 30.9 Å². The number of furan rings is 1. The van der Waals surface area contributed by atoms with Crippen molar-refractivity contribution in [2.24, 2.45) is 5.92 Å². The number of rotatable bonds is 4. The molecule has 0 N–H and O–H groups in total. The van der Waals surface area contributed by atoms with Gasteiger partial charge in [0.1, 0.15) is 5.58 Å². The lowest BCUT2D eigenvalue weighted by atomic mass is 9.91. The Bertz CT molecular complexity index is 569. The third-order valence-electron chi connectivity index (χ3n) is 4.04. The molecular weight excluding hydrogens is 268 g/mol. The van der Waals surface area contributed by atoms with E-state index < -0.39 is 0 Å². The molecule has 1 aliphatic carbocycles. The first-order valence-electron chi connectivity index (χ1n) is 7.36. The van der Waals surface area contributed by atoms with E-state index in [9.17, 15) is 4.79 Å². The van der Waals surface area contributed by atoms with Gasteiger partial charge in [-0.25, -0.2) is 0 Å². The summed E-state index contributed by atoms with van der Waals surface area (Å²) in [5, 5.41) is 1.65. The molecule has 3 rings (SSSR count). The fraction of sp³-hybridized carbons (Fsp3) is 0.471. The van der Waals surface area contributed by atoms with Gasteiger partial charge in [0.15, 0.2) is 5.76 Å². The molecule has 0 radical (unpaired) electrons. The van der Waals surface area contributed by atoms with Gasteiger partial charge in [0, 0.05) is 10.6 Å². The molecule has 1 heterocycles. The van der Waals surface area contributed by atoms with Gasteiger partial charge < -0.3 is 4.42 Å². The number of para-hydroxylation sites is 1. The number of carbonyl (C=O) groups is 1. The average Bonchev–Trinajstić information content (AvgIpc) is 2.89. The number of ketones is 1. The van der Waals surface area contributed by atoms with Crippen LogP contribution in [0.4, 0.5) is 0 Å². The largest absolute Gasteiger partial charge is 0.453 e. The normalized spacial score (nSPS) is 23.1. The fourth-order valence-electron chi connectivity index (χ4n) is 2.91. The number of hydrogen-bond acceptors (Lipinski definition) is 3. The number of Topliss-reactive ketones (excluding diaryl/α,β-unsaturated/α-hetero) is 1. The molecule has 1 aromatic carbocycles. The average molecular weight is 288 g/mol. The molecule has 1 aliphatic rings. The molecule has 2 aromatic rings. The Kier molecular flexibility index (Phi) is 4.16. The summed E-state index contributed by atoms with van der Waals surface area (Å²) in [5.74, 6) is 1.96. The van der Waals surface area contributed by atoms with Gasteiger partial charge in [-0.15, -0.1) is 0 Å². The Labute approximate surface area is 123 Å². The molecule has 0 amide bonds. The zero-order chi connectivity index (χ0) is 13.9. The summed E-state index contributed by atoms with van der Waals surface area (Å²) in [5.41, 5.74) is 0.798. The fourth-order valence-corrected chi connectivity index (χ4v) is 4.24. The minimum absolute atomic E-state index is 0.115. The molecule has 2 unspecified atom stereocenters. The monoisotopic (exact) mass is 288 g/mol. The van der Waals surface area contributed by atoms with Crippen molar-refractivity contribution < 1.29 is 9.21 Å². The van der Waals surface area contributed by atoms with Gasteiger partial charge in [0.2, 0.25) is 5.78 Å². The van der Waals surface area contributed by atoms with Crippen LogP contribution in [0.2, 0.25) is 0 Å². The van der Waals surface area contributed by atoms with Gasteiger partial charge in [-0.3, -0.25) is 4.79 Å². The number of thioether (sulfide) groups is 1. The molecule has 1 aromatic heterocycles. The van der Waals surface area contributed by atoms with Crippen LogP contribution in [0.5, 0.6) is 0 Å². The standard InChI is InChI=1S/C17H20O2S/c1-12-5-4-7-14(9-12)20-11-15(18)17-10-13-6-2-3-8-16(13)19-17/h2-3,6,8,10,12,14H,4-5,7,9,11H2,1H3. The summed E-state index contributed by atoms with van der Waals surface area (Å²) in [7, 11) is 0. The summed E-state index contributed by atoms with van der Waals surface area (Å²) in [6.07, 6.45) is 5.15. The molecule has 0 bridgehead atoms. The van der Waals surface area contributed by atoms with E-state index in [4.69, 9.17) is 4.42 Å². The lowest BCUT2D eigenvalue weighted by Gasteiger charge is -2.25. The SMILES string of the molecule is CC1CCCC(SCC(=O)c2cc3ccccc3o2)C1. The Balaban J connectivity index is 1.61. The lowest BCUT2D eigenvalue weighted by Crippen LogP contribution is -2.17. The number of carbonyl (C=O) groups excluding carboxylic acids is 1. The number of fused-ring (bicyclic) bond motifs is 1. The number of hydrogen-bond donors (Lipinski definition) is 0. The van der Waals surface area contributed by atoms with E-state index >= 15 is 0 Å². The molecule has 2 atom stereocenters. The van der Waals surface area contributed by atoms with Gasteiger partial charge in [0.25, 0.3) is 0 Å². The summed E-state index contributed by atoms with van der Waals surface area (Å²) >= 11 is 1.80. The highest BCUT2D eigenvalue weighted by Gasteiger charge is 2.21. The third-order valence-corrected chi connectivity index (χ3v) is 5.37. The van der Waals surface area contributed by atoms with E-state index in [2.05, 4.69) is 6.92 Å². The van der Waals surface area contributed by atoms with Crippen molar-refractivity contribution in [3.05, 3.63) is 36.1 Å². The minimum Gasteiger partial charge on any atom is -0.453 e. The minimum atomic E-state index is 0.115. The predicted octanol–water partition coefficient (Wildman–Crippen LogP) is 4.93. The highest BCUT2D eigenvalue weighted by Crippen LogP contribution is 2.32. The van der Waals surface area contributed by atoms with Crippen molar-refractivity contribution in [3.8, 4) is 0 Å². The maximum absolute atomic E-state index is 12.2. The van der Waals surface area contributed by atoms with Crippen LogP contribution in [0.15, 0.2) is 34.7 Å². The van der Waals surface area contributed by atoms with Crippen LogP contribution >= 0.6 is 11.8 Å². The second kappa shape index (κ2) is 6.04. The topological polar surface area (TPSA) is 30.2 Å². The van der Waals surface area contributed by atoms with E-state index in [0.29, 0.717) is 16.8 Å². The van der Waals surface area contributed by atoms with Crippen LogP contribution in [0.3, 0.4) is 0 Å². The molecule has 0 aliphatic heterocycles. The molecule has 1 saturated carbocycles. The second-order valence-electron chi connectivity index (χ2n) is 5.78. The highest BCUT2D eigenvalue weighted by molar-refractivity contribution is 8.00. The number of benzene rings is 1. The van der Waals surface area contributed by atoms with E-state index in [1.54, 1.807) is 11.8 Å². The highest BCUT2D eigenvalue weighted by atomic mass is 32.2. The molecule has 1 fully saturated rings. The molecule has 106 valence electrons. The van der Waals surface area contributed by atoms with Gasteiger partial charge >= 0.3 is 0 Å². The van der Waals surface area contributed by atoms with Gasteiger partial charge in [-0.2, -0.15) is 11.8 Å². The molecule has 0 spiro atoms. The Hall–Kier alpha value is -1.22.